The first kappa shape index (κ1) is 19.6. The number of pyridine rings is 1. The number of thioether (sulfide) groups is 1. The van der Waals surface area contributed by atoms with E-state index in [4.69, 9.17) is 0 Å². The van der Waals surface area contributed by atoms with Crippen LogP contribution in [-0.4, -0.2) is 48.9 Å². The molecule has 0 radical (unpaired) electrons. The molecule has 0 aliphatic heterocycles. The summed E-state index contributed by atoms with van der Waals surface area (Å²) in [5, 5.41) is 18.5. The van der Waals surface area contributed by atoms with E-state index in [1.165, 1.54) is 16.7 Å². The first-order chi connectivity index (χ1) is 13.4. The second kappa shape index (κ2) is 8.23. The van der Waals surface area contributed by atoms with E-state index in [0.29, 0.717) is 11.0 Å². The lowest BCUT2D eigenvalue weighted by Crippen LogP contribution is -2.44. The summed E-state index contributed by atoms with van der Waals surface area (Å²) in [6, 6.07) is 15.6. The normalized spacial score (nSPS) is 11.1. The fourth-order valence-corrected chi connectivity index (χ4v) is 3.34. The van der Waals surface area contributed by atoms with Gasteiger partial charge < -0.3 is 4.90 Å². The summed E-state index contributed by atoms with van der Waals surface area (Å²) in [6.07, 6.45) is 3.41. The Morgan fingerprint density at radius 1 is 1.18 bits per heavy atom. The van der Waals surface area contributed by atoms with Crippen LogP contribution in [0.15, 0.2) is 60.0 Å². The monoisotopic (exact) mass is 392 g/mol. The summed E-state index contributed by atoms with van der Waals surface area (Å²) in [7, 11) is 1.64. The molecule has 0 fully saturated rings. The van der Waals surface area contributed by atoms with Crippen molar-refractivity contribution >= 4 is 17.7 Å². The number of benzene rings is 1. The second-order valence-electron chi connectivity index (χ2n) is 6.63. The van der Waals surface area contributed by atoms with E-state index in [9.17, 15) is 10.1 Å². The maximum absolute atomic E-state index is 12.5. The van der Waals surface area contributed by atoms with Gasteiger partial charge in [0.15, 0.2) is 11.0 Å². The van der Waals surface area contributed by atoms with Crippen molar-refractivity contribution in [1.29, 1.82) is 5.26 Å². The fraction of sp³-hybridized carbons (Fsp3) is 0.250. The van der Waals surface area contributed by atoms with Crippen LogP contribution in [0.2, 0.25) is 0 Å². The van der Waals surface area contributed by atoms with Crippen LogP contribution in [0, 0.1) is 11.3 Å². The molecule has 0 N–H and O–H groups in total. The molecular formula is C20H20N6OS. The zero-order valence-electron chi connectivity index (χ0n) is 15.9. The number of amides is 1. The molecule has 142 valence electrons. The minimum atomic E-state index is -0.868. The van der Waals surface area contributed by atoms with Gasteiger partial charge in [0.05, 0.1) is 11.8 Å². The third-order valence-electron chi connectivity index (χ3n) is 4.40. The molecule has 0 saturated heterocycles. The van der Waals surface area contributed by atoms with Crippen LogP contribution < -0.4 is 0 Å². The lowest BCUT2D eigenvalue weighted by Gasteiger charge is -2.28. The van der Waals surface area contributed by atoms with Gasteiger partial charge in [0.2, 0.25) is 5.91 Å². The molecule has 1 aromatic carbocycles. The van der Waals surface area contributed by atoms with Crippen LogP contribution in [0.3, 0.4) is 0 Å². The Hall–Kier alpha value is -3.18. The molecule has 28 heavy (non-hydrogen) atoms. The van der Waals surface area contributed by atoms with Crippen LogP contribution in [-0.2, 0) is 4.79 Å². The molecule has 0 unspecified atom stereocenters. The highest BCUT2D eigenvalue weighted by molar-refractivity contribution is 7.99. The average Bonchev–Trinajstić information content (AvgIpc) is 3.16. The minimum Gasteiger partial charge on any atom is -0.327 e. The molecule has 0 atom stereocenters. The Balaban J connectivity index is 1.91. The van der Waals surface area contributed by atoms with Crippen molar-refractivity contribution in [2.45, 2.75) is 24.5 Å². The Bertz CT molecular complexity index is 995. The summed E-state index contributed by atoms with van der Waals surface area (Å²) in [4.78, 5) is 18.0. The van der Waals surface area contributed by atoms with Gasteiger partial charge >= 0.3 is 0 Å². The number of carbonyl (C=O) groups excluding carboxylic acids is 1. The highest BCUT2D eigenvalue weighted by atomic mass is 32.2. The van der Waals surface area contributed by atoms with Crippen molar-refractivity contribution < 1.29 is 4.79 Å². The van der Waals surface area contributed by atoms with E-state index in [0.717, 1.165) is 11.3 Å². The topological polar surface area (TPSA) is 87.7 Å². The number of carbonyl (C=O) groups is 1. The van der Waals surface area contributed by atoms with Crippen molar-refractivity contribution in [1.82, 2.24) is 24.6 Å². The van der Waals surface area contributed by atoms with Crippen LogP contribution >= 0.6 is 11.8 Å². The van der Waals surface area contributed by atoms with E-state index >= 15 is 0 Å². The van der Waals surface area contributed by atoms with Gasteiger partial charge in [0.25, 0.3) is 0 Å². The van der Waals surface area contributed by atoms with Crippen LogP contribution in [0.5, 0.6) is 0 Å². The number of rotatable bonds is 6. The standard InChI is InChI=1S/C20H20N6OS/c1-20(2,14-21)25(3)17(27)13-28-19-24-23-18(15-9-11-22-12-10-15)26(19)16-7-5-4-6-8-16/h4-12H,13H2,1-3H3. The molecule has 3 rings (SSSR count). The lowest BCUT2D eigenvalue weighted by atomic mass is 10.1. The number of para-hydroxylation sites is 1. The molecular weight excluding hydrogens is 372 g/mol. The maximum atomic E-state index is 12.5. The minimum absolute atomic E-state index is 0.148. The van der Waals surface area contributed by atoms with Gasteiger partial charge in [0, 0.05) is 30.7 Å². The zero-order chi connectivity index (χ0) is 20.1. The number of hydrogen-bond acceptors (Lipinski definition) is 6. The van der Waals surface area contributed by atoms with Gasteiger partial charge in [0.1, 0.15) is 5.54 Å². The van der Waals surface area contributed by atoms with Gasteiger partial charge in [-0.15, -0.1) is 10.2 Å². The summed E-state index contributed by atoms with van der Waals surface area (Å²) in [5.41, 5.74) is 0.916. The van der Waals surface area contributed by atoms with Gasteiger partial charge in [-0.25, -0.2) is 0 Å². The Morgan fingerprint density at radius 2 is 1.86 bits per heavy atom. The van der Waals surface area contributed by atoms with Crippen molar-refractivity contribution in [2.24, 2.45) is 0 Å². The average molecular weight is 392 g/mol. The lowest BCUT2D eigenvalue weighted by molar-refractivity contribution is -0.130. The molecule has 0 spiro atoms. The number of aromatic nitrogens is 4. The predicted molar refractivity (Wildman–Crippen MR) is 108 cm³/mol. The quantitative estimate of drug-likeness (QED) is 0.599. The maximum Gasteiger partial charge on any atom is 0.234 e. The predicted octanol–water partition coefficient (Wildman–Crippen LogP) is 3.18. The number of nitrogens with zero attached hydrogens (tertiary/aromatic N) is 6. The van der Waals surface area contributed by atoms with Gasteiger partial charge in [-0.3, -0.25) is 14.3 Å². The summed E-state index contributed by atoms with van der Waals surface area (Å²) < 4.78 is 1.92. The van der Waals surface area contributed by atoms with E-state index < -0.39 is 5.54 Å². The Morgan fingerprint density at radius 3 is 2.50 bits per heavy atom. The van der Waals surface area contributed by atoms with Crippen LogP contribution in [0.1, 0.15) is 13.8 Å². The van der Waals surface area contributed by atoms with Gasteiger partial charge in [-0.05, 0) is 38.1 Å². The third kappa shape index (κ3) is 4.05. The van der Waals surface area contributed by atoms with Crippen LogP contribution in [0.25, 0.3) is 17.1 Å². The molecule has 3 aromatic rings. The molecule has 2 aromatic heterocycles. The second-order valence-corrected chi connectivity index (χ2v) is 7.57. The van der Waals surface area contributed by atoms with E-state index in [1.807, 2.05) is 47.0 Å². The van der Waals surface area contributed by atoms with Crippen molar-refractivity contribution in [3.8, 4) is 23.1 Å². The first-order valence-electron chi connectivity index (χ1n) is 8.66. The van der Waals surface area contributed by atoms with Gasteiger partial charge in [-0.1, -0.05) is 30.0 Å². The smallest absolute Gasteiger partial charge is 0.234 e. The van der Waals surface area contributed by atoms with E-state index in [-0.39, 0.29) is 11.7 Å². The van der Waals surface area contributed by atoms with E-state index in [1.54, 1.807) is 33.3 Å². The Kier molecular flexibility index (Phi) is 5.76. The van der Waals surface area contributed by atoms with Crippen LogP contribution in [0.4, 0.5) is 0 Å². The van der Waals surface area contributed by atoms with Gasteiger partial charge in [-0.2, -0.15) is 5.26 Å². The SMILES string of the molecule is CN(C(=O)CSc1nnc(-c2ccncc2)n1-c1ccccc1)C(C)(C)C#N. The van der Waals surface area contributed by atoms with Crippen molar-refractivity contribution in [3.05, 3.63) is 54.9 Å². The molecule has 0 saturated carbocycles. The number of nitriles is 1. The first-order valence-corrected chi connectivity index (χ1v) is 9.64. The summed E-state index contributed by atoms with van der Waals surface area (Å²) in [5.74, 6) is 0.682. The third-order valence-corrected chi connectivity index (χ3v) is 5.31. The molecule has 7 nitrogen and oxygen atoms in total. The van der Waals surface area contributed by atoms with Crippen molar-refractivity contribution in [3.63, 3.8) is 0 Å². The van der Waals surface area contributed by atoms with Crippen molar-refractivity contribution in [2.75, 3.05) is 12.8 Å². The molecule has 8 heteroatoms. The highest BCUT2D eigenvalue weighted by Gasteiger charge is 2.27. The van der Waals surface area contributed by atoms with E-state index in [2.05, 4.69) is 21.3 Å². The fourth-order valence-electron chi connectivity index (χ4n) is 2.47. The molecule has 0 bridgehead atoms. The summed E-state index contributed by atoms with van der Waals surface area (Å²) in [6.45, 7) is 3.42. The zero-order valence-corrected chi connectivity index (χ0v) is 16.7. The summed E-state index contributed by atoms with van der Waals surface area (Å²) >= 11 is 1.29. The number of hydrogen-bond donors (Lipinski definition) is 0. The largest absolute Gasteiger partial charge is 0.327 e. The molecule has 0 aliphatic rings. The molecule has 2 heterocycles. The Labute approximate surface area is 168 Å². The molecule has 1 amide bonds. The molecule has 0 aliphatic carbocycles. The highest BCUT2D eigenvalue weighted by Crippen LogP contribution is 2.28.